The summed E-state index contributed by atoms with van der Waals surface area (Å²) in [7, 11) is 0. The standard InChI is InChI=1S/C30H29NO/c1-21-11-16-27(32-20-26-15-13-23-7-5-6-10-29(23)31-26)18-28(21)30(24-8-3-2-4-9-24)19-22-12-14-25(30)17-22/h2-11,13,15-16,18,22,25H,12,14,17,19-20H2,1H3. The van der Waals surface area contributed by atoms with Crippen LogP contribution in [-0.4, -0.2) is 4.98 Å². The van der Waals surface area contributed by atoms with E-state index in [2.05, 4.69) is 79.7 Å². The molecule has 0 amide bonds. The molecule has 3 aromatic carbocycles. The third-order valence-corrected chi connectivity index (χ3v) is 7.87. The van der Waals surface area contributed by atoms with Gasteiger partial charge in [-0.15, -0.1) is 0 Å². The monoisotopic (exact) mass is 419 g/mol. The van der Waals surface area contributed by atoms with E-state index in [0.717, 1.165) is 34.2 Å². The highest BCUT2D eigenvalue weighted by molar-refractivity contribution is 5.78. The first-order chi connectivity index (χ1) is 15.7. The van der Waals surface area contributed by atoms with Gasteiger partial charge < -0.3 is 4.74 Å². The molecule has 4 aromatic rings. The van der Waals surface area contributed by atoms with E-state index in [9.17, 15) is 0 Å². The number of pyridine rings is 1. The summed E-state index contributed by atoms with van der Waals surface area (Å²) in [5.41, 5.74) is 6.40. The fourth-order valence-electron chi connectivity index (χ4n) is 6.42. The van der Waals surface area contributed by atoms with Gasteiger partial charge in [-0.1, -0.05) is 67.1 Å². The lowest BCUT2D eigenvalue weighted by molar-refractivity contribution is 0.295. The van der Waals surface area contributed by atoms with E-state index in [0.29, 0.717) is 6.61 Å². The second-order valence-corrected chi connectivity index (χ2v) is 9.68. The number of nitrogens with zero attached hydrogens (tertiary/aromatic N) is 1. The van der Waals surface area contributed by atoms with E-state index in [4.69, 9.17) is 9.72 Å². The zero-order chi connectivity index (χ0) is 21.5. The number of rotatable bonds is 5. The molecule has 2 bridgehead atoms. The predicted molar refractivity (Wildman–Crippen MR) is 130 cm³/mol. The molecular formula is C30H29NO. The first-order valence-electron chi connectivity index (χ1n) is 11.9. The van der Waals surface area contributed by atoms with Crippen molar-refractivity contribution in [1.82, 2.24) is 4.98 Å². The van der Waals surface area contributed by atoms with E-state index in [1.54, 1.807) is 0 Å². The maximum atomic E-state index is 6.29. The topological polar surface area (TPSA) is 22.1 Å². The van der Waals surface area contributed by atoms with Gasteiger partial charge in [0.05, 0.1) is 11.2 Å². The first kappa shape index (κ1) is 19.5. The molecule has 6 rings (SSSR count). The number of fused-ring (bicyclic) bond motifs is 3. The van der Waals surface area contributed by atoms with Gasteiger partial charge in [0.15, 0.2) is 0 Å². The van der Waals surface area contributed by atoms with Crippen LogP contribution in [-0.2, 0) is 12.0 Å². The van der Waals surface area contributed by atoms with Crippen molar-refractivity contribution < 1.29 is 4.74 Å². The summed E-state index contributed by atoms with van der Waals surface area (Å²) in [6, 6.07) is 30.3. The Morgan fingerprint density at radius 2 is 1.75 bits per heavy atom. The van der Waals surface area contributed by atoms with Gasteiger partial charge in [0.1, 0.15) is 12.4 Å². The molecule has 0 saturated heterocycles. The average Bonchev–Trinajstić information content (AvgIpc) is 3.46. The van der Waals surface area contributed by atoms with Gasteiger partial charge >= 0.3 is 0 Å². The van der Waals surface area contributed by atoms with E-state index in [1.165, 1.54) is 42.4 Å². The summed E-state index contributed by atoms with van der Waals surface area (Å²) in [5.74, 6) is 2.52. The number of benzene rings is 3. The Balaban J connectivity index is 1.34. The van der Waals surface area contributed by atoms with Gasteiger partial charge in [-0.2, -0.15) is 0 Å². The molecule has 160 valence electrons. The van der Waals surface area contributed by atoms with Crippen LogP contribution in [0.4, 0.5) is 0 Å². The number of ether oxygens (including phenoxy) is 1. The normalized spacial score (nSPS) is 24.2. The van der Waals surface area contributed by atoms with Crippen molar-refractivity contribution in [2.45, 2.75) is 44.6 Å². The largest absolute Gasteiger partial charge is 0.487 e. The van der Waals surface area contributed by atoms with Gasteiger partial charge in [0.2, 0.25) is 0 Å². The predicted octanol–water partition coefficient (Wildman–Crippen LogP) is 7.23. The molecule has 0 N–H and O–H groups in total. The van der Waals surface area contributed by atoms with E-state index >= 15 is 0 Å². The van der Waals surface area contributed by atoms with Crippen molar-refractivity contribution in [2.24, 2.45) is 11.8 Å². The van der Waals surface area contributed by atoms with Gasteiger partial charge in [-0.3, -0.25) is 0 Å². The van der Waals surface area contributed by atoms with E-state index in [1.807, 2.05) is 12.1 Å². The molecular weight excluding hydrogens is 390 g/mol. The maximum Gasteiger partial charge on any atom is 0.130 e. The summed E-state index contributed by atoms with van der Waals surface area (Å²) in [5, 5.41) is 1.16. The maximum absolute atomic E-state index is 6.29. The second kappa shape index (κ2) is 7.78. The third kappa shape index (κ3) is 3.21. The van der Waals surface area contributed by atoms with Crippen LogP contribution in [0, 0.1) is 18.8 Å². The summed E-state index contributed by atoms with van der Waals surface area (Å²) in [4.78, 5) is 4.78. The average molecular weight is 420 g/mol. The lowest BCUT2D eigenvalue weighted by Crippen LogP contribution is -2.34. The van der Waals surface area contributed by atoms with Crippen LogP contribution in [0.15, 0.2) is 84.9 Å². The minimum atomic E-state index is 0.120. The van der Waals surface area contributed by atoms with Crippen LogP contribution in [0.5, 0.6) is 5.75 Å². The Labute approximate surface area is 190 Å². The van der Waals surface area contributed by atoms with Gasteiger partial charge in [0, 0.05) is 10.8 Å². The fraction of sp³-hybridized carbons (Fsp3) is 0.300. The lowest BCUT2D eigenvalue weighted by atomic mass is 9.63. The molecule has 2 aliphatic carbocycles. The first-order valence-corrected chi connectivity index (χ1v) is 11.9. The zero-order valence-electron chi connectivity index (χ0n) is 18.6. The van der Waals surface area contributed by atoms with E-state index in [-0.39, 0.29) is 5.41 Å². The Hall–Kier alpha value is -3.13. The Kier molecular flexibility index (Phi) is 4.75. The summed E-state index contributed by atoms with van der Waals surface area (Å²) < 4.78 is 6.29. The number of hydrogen-bond donors (Lipinski definition) is 0. The Bertz CT molecular complexity index is 1260. The molecule has 1 heterocycles. The van der Waals surface area contributed by atoms with Gasteiger partial charge in [-0.25, -0.2) is 4.98 Å². The smallest absolute Gasteiger partial charge is 0.130 e. The summed E-state index contributed by atoms with van der Waals surface area (Å²) >= 11 is 0. The summed E-state index contributed by atoms with van der Waals surface area (Å²) in [6.45, 7) is 2.75. The molecule has 3 unspecified atom stereocenters. The molecule has 2 nitrogen and oxygen atoms in total. The van der Waals surface area contributed by atoms with Crippen molar-refractivity contribution >= 4 is 10.9 Å². The molecule has 2 saturated carbocycles. The molecule has 2 heteroatoms. The Morgan fingerprint density at radius 1 is 0.906 bits per heavy atom. The number of aromatic nitrogens is 1. The van der Waals surface area contributed by atoms with Crippen LogP contribution >= 0.6 is 0 Å². The third-order valence-electron chi connectivity index (χ3n) is 7.87. The number of aryl methyl sites for hydroxylation is 1. The molecule has 2 fully saturated rings. The van der Waals surface area contributed by atoms with Crippen molar-refractivity contribution in [3.8, 4) is 5.75 Å². The number of hydrogen-bond acceptors (Lipinski definition) is 2. The highest BCUT2D eigenvalue weighted by Crippen LogP contribution is 2.60. The highest BCUT2D eigenvalue weighted by Gasteiger charge is 2.53. The minimum Gasteiger partial charge on any atom is -0.487 e. The second-order valence-electron chi connectivity index (χ2n) is 9.68. The van der Waals surface area contributed by atoms with Crippen molar-refractivity contribution in [1.29, 1.82) is 0 Å². The minimum absolute atomic E-state index is 0.120. The molecule has 0 spiro atoms. The lowest BCUT2D eigenvalue weighted by Gasteiger charge is -2.40. The Morgan fingerprint density at radius 3 is 2.56 bits per heavy atom. The van der Waals surface area contributed by atoms with Crippen LogP contribution < -0.4 is 4.74 Å². The van der Waals surface area contributed by atoms with Crippen LogP contribution in [0.2, 0.25) is 0 Å². The van der Waals surface area contributed by atoms with Crippen molar-refractivity contribution in [3.05, 3.63) is 107 Å². The van der Waals surface area contributed by atoms with Gasteiger partial charge in [-0.05, 0) is 79.0 Å². The summed E-state index contributed by atoms with van der Waals surface area (Å²) in [6.07, 6.45) is 5.35. The van der Waals surface area contributed by atoms with Crippen LogP contribution in [0.25, 0.3) is 10.9 Å². The van der Waals surface area contributed by atoms with Crippen molar-refractivity contribution in [3.63, 3.8) is 0 Å². The SMILES string of the molecule is Cc1ccc(OCc2ccc3ccccc3n2)cc1C1(c2ccccc2)CC2CCC1C2. The zero-order valence-corrected chi connectivity index (χ0v) is 18.6. The molecule has 2 aliphatic rings. The highest BCUT2D eigenvalue weighted by atomic mass is 16.5. The number of para-hydroxylation sites is 1. The van der Waals surface area contributed by atoms with Gasteiger partial charge in [0.25, 0.3) is 0 Å². The van der Waals surface area contributed by atoms with Crippen molar-refractivity contribution in [2.75, 3.05) is 0 Å². The van der Waals surface area contributed by atoms with E-state index < -0.39 is 0 Å². The molecule has 3 atom stereocenters. The quantitative estimate of drug-likeness (QED) is 0.340. The molecule has 0 radical (unpaired) electrons. The van der Waals surface area contributed by atoms with Crippen LogP contribution in [0.3, 0.4) is 0 Å². The molecule has 1 aromatic heterocycles. The molecule has 0 aliphatic heterocycles. The molecule has 32 heavy (non-hydrogen) atoms. The fourth-order valence-corrected chi connectivity index (χ4v) is 6.42. The van der Waals surface area contributed by atoms with Crippen LogP contribution in [0.1, 0.15) is 48.1 Å².